The first kappa shape index (κ1) is 9.73. The molecule has 0 aliphatic carbocycles. The fourth-order valence-corrected chi connectivity index (χ4v) is 1.60. The van der Waals surface area contributed by atoms with Gasteiger partial charge in [-0.3, -0.25) is 4.79 Å². The monoisotopic (exact) mass is 204 g/mol. The quantitative estimate of drug-likeness (QED) is 0.766. The van der Waals surface area contributed by atoms with Crippen LogP contribution in [-0.2, 0) is 6.54 Å². The largest absolute Gasteiger partial charge is 0.497 e. The number of fused-ring (bicyclic) bond motifs is 1. The molecule has 2 aromatic rings. The lowest BCUT2D eigenvalue weighted by Crippen LogP contribution is -2.09. The summed E-state index contributed by atoms with van der Waals surface area (Å²) < 4.78 is 5.12. The molecule has 78 valence electrons. The third-order valence-electron chi connectivity index (χ3n) is 2.36. The Hall–Kier alpha value is -1.81. The molecule has 0 spiro atoms. The van der Waals surface area contributed by atoms with E-state index in [0.29, 0.717) is 6.54 Å². The third kappa shape index (κ3) is 1.71. The second-order valence-electron chi connectivity index (χ2n) is 3.27. The van der Waals surface area contributed by atoms with E-state index in [1.165, 1.54) is 6.07 Å². The highest BCUT2D eigenvalue weighted by atomic mass is 16.5. The molecule has 0 atom stereocenters. The van der Waals surface area contributed by atoms with Gasteiger partial charge in [0, 0.05) is 23.5 Å². The van der Waals surface area contributed by atoms with Crippen molar-refractivity contribution >= 4 is 10.9 Å². The molecule has 1 aromatic heterocycles. The fraction of sp³-hybridized carbons (Fsp3) is 0.182. The molecule has 0 fully saturated rings. The Morgan fingerprint density at radius 3 is 2.87 bits per heavy atom. The minimum atomic E-state index is -0.131. The summed E-state index contributed by atoms with van der Waals surface area (Å²) in [4.78, 5) is 14.0. The van der Waals surface area contributed by atoms with Gasteiger partial charge in [0.25, 0.3) is 0 Å². The van der Waals surface area contributed by atoms with Crippen LogP contribution in [0.25, 0.3) is 10.9 Å². The number of methoxy groups -OCH3 is 1. The predicted octanol–water partition coefficient (Wildman–Crippen LogP) is 0.995. The van der Waals surface area contributed by atoms with Crippen molar-refractivity contribution in [2.24, 2.45) is 5.73 Å². The molecule has 1 aromatic carbocycles. The number of hydrogen-bond donors (Lipinski definition) is 2. The van der Waals surface area contributed by atoms with E-state index < -0.39 is 0 Å². The number of rotatable bonds is 2. The SMILES string of the molecule is COc1ccc2[nH]c(=O)cc(CN)c2c1. The zero-order chi connectivity index (χ0) is 10.8. The molecule has 4 heteroatoms. The molecule has 4 nitrogen and oxygen atoms in total. The number of H-pyrrole nitrogens is 1. The summed E-state index contributed by atoms with van der Waals surface area (Å²) in [6.07, 6.45) is 0. The van der Waals surface area contributed by atoms with Gasteiger partial charge >= 0.3 is 0 Å². The van der Waals surface area contributed by atoms with Crippen LogP contribution in [0.2, 0.25) is 0 Å². The lowest BCUT2D eigenvalue weighted by Gasteiger charge is -2.05. The first-order valence-electron chi connectivity index (χ1n) is 4.64. The summed E-state index contributed by atoms with van der Waals surface area (Å²) in [6, 6.07) is 7.00. The summed E-state index contributed by atoms with van der Waals surface area (Å²) in [5.74, 6) is 0.754. The maximum absolute atomic E-state index is 11.3. The first-order valence-corrected chi connectivity index (χ1v) is 4.64. The van der Waals surface area contributed by atoms with Gasteiger partial charge < -0.3 is 15.5 Å². The number of benzene rings is 1. The third-order valence-corrected chi connectivity index (χ3v) is 2.36. The van der Waals surface area contributed by atoms with Crippen LogP contribution in [0.15, 0.2) is 29.1 Å². The van der Waals surface area contributed by atoms with E-state index in [-0.39, 0.29) is 5.56 Å². The Morgan fingerprint density at radius 1 is 1.40 bits per heavy atom. The molecule has 15 heavy (non-hydrogen) atoms. The molecule has 0 amide bonds. The second-order valence-corrected chi connectivity index (χ2v) is 3.27. The van der Waals surface area contributed by atoms with Crippen LogP contribution >= 0.6 is 0 Å². The van der Waals surface area contributed by atoms with E-state index in [4.69, 9.17) is 10.5 Å². The molecule has 0 saturated heterocycles. The summed E-state index contributed by atoms with van der Waals surface area (Å²) in [7, 11) is 1.61. The lowest BCUT2D eigenvalue weighted by molar-refractivity contribution is 0.415. The van der Waals surface area contributed by atoms with Gasteiger partial charge in [-0.05, 0) is 23.8 Å². The molecular formula is C11H12N2O2. The van der Waals surface area contributed by atoms with Gasteiger partial charge in [-0.25, -0.2) is 0 Å². The Kier molecular flexibility index (Phi) is 2.43. The maximum atomic E-state index is 11.3. The zero-order valence-corrected chi connectivity index (χ0v) is 8.41. The molecule has 0 radical (unpaired) electrons. The van der Waals surface area contributed by atoms with E-state index >= 15 is 0 Å². The van der Waals surface area contributed by atoms with Crippen LogP contribution in [-0.4, -0.2) is 12.1 Å². The molecule has 0 unspecified atom stereocenters. The molecule has 0 aliphatic rings. The van der Waals surface area contributed by atoms with Gasteiger partial charge in [0.2, 0.25) is 5.56 Å². The van der Waals surface area contributed by atoms with Crippen LogP contribution in [0.4, 0.5) is 0 Å². The Bertz CT molecular complexity index is 546. The fourth-order valence-electron chi connectivity index (χ4n) is 1.60. The molecule has 0 bridgehead atoms. The lowest BCUT2D eigenvalue weighted by atomic mass is 10.1. The Morgan fingerprint density at radius 2 is 2.20 bits per heavy atom. The number of aromatic amines is 1. The minimum Gasteiger partial charge on any atom is -0.497 e. The second kappa shape index (κ2) is 3.74. The van der Waals surface area contributed by atoms with Gasteiger partial charge in [-0.1, -0.05) is 0 Å². The van der Waals surface area contributed by atoms with Crippen LogP contribution in [0.1, 0.15) is 5.56 Å². The maximum Gasteiger partial charge on any atom is 0.248 e. The summed E-state index contributed by atoms with van der Waals surface area (Å²) in [6.45, 7) is 0.341. The van der Waals surface area contributed by atoms with Crippen LogP contribution < -0.4 is 16.0 Å². The van der Waals surface area contributed by atoms with Crippen molar-refractivity contribution in [1.29, 1.82) is 0 Å². The molecule has 0 aliphatic heterocycles. The first-order chi connectivity index (χ1) is 7.24. The van der Waals surface area contributed by atoms with Crippen molar-refractivity contribution < 1.29 is 4.74 Å². The highest BCUT2D eigenvalue weighted by molar-refractivity contribution is 5.83. The predicted molar refractivity (Wildman–Crippen MR) is 59.0 cm³/mol. The average molecular weight is 204 g/mol. The van der Waals surface area contributed by atoms with E-state index in [2.05, 4.69) is 4.98 Å². The number of pyridine rings is 1. The van der Waals surface area contributed by atoms with Gasteiger partial charge in [0.05, 0.1) is 7.11 Å². The van der Waals surface area contributed by atoms with Gasteiger partial charge in [-0.2, -0.15) is 0 Å². The van der Waals surface area contributed by atoms with Gasteiger partial charge in [0.1, 0.15) is 5.75 Å². The summed E-state index contributed by atoms with van der Waals surface area (Å²) >= 11 is 0. The van der Waals surface area contributed by atoms with Crippen molar-refractivity contribution in [1.82, 2.24) is 4.98 Å². The topological polar surface area (TPSA) is 68.1 Å². The smallest absolute Gasteiger partial charge is 0.248 e. The van der Waals surface area contributed by atoms with E-state index in [9.17, 15) is 4.79 Å². The van der Waals surface area contributed by atoms with Crippen LogP contribution in [0.5, 0.6) is 5.75 Å². The molecule has 1 heterocycles. The van der Waals surface area contributed by atoms with E-state index in [1.807, 2.05) is 12.1 Å². The normalized spacial score (nSPS) is 10.5. The number of nitrogens with two attached hydrogens (primary N) is 1. The van der Waals surface area contributed by atoms with Crippen LogP contribution in [0, 0.1) is 0 Å². The van der Waals surface area contributed by atoms with E-state index in [1.54, 1.807) is 13.2 Å². The highest BCUT2D eigenvalue weighted by Crippen LogP contribution is 2.20. The number of aromatic nitrogens is 1. The van der Waals surface area contributed by atoms with Crippen molar-refractivity contribution in [3.05, 3.63) is 40.2 Å². The number of ether oxygens (including phenoxy) is 1. The zero-order valence-electron chi connectivity index (χ0n) is 8.41. The molecular weight excluding hydrogens is 192 g/mol. The number of hydrogen-bond acceptors (Lipinski definition) is 3. The van der Waals surface area contributed by atoms with Crippen LogP contribution in [0.3, 0.4) is 0 Å². The summed E-state index contributed by atoms with van der Waals surface area (Å²) in [5, 5.41) is 0.927. The molecule has 3 N–H and O–H groups in total. The Balaban J connectivity index is 2.79. The minimum absolute atomic E-state index is 0.131. The van der Waals surface area contributed by atoms with Crippen molar-refractivity contribution in [2.45, 2.75) is 6.54 Å². The van der Waals surface area contributed by atoms with Crippen molar-refractivity contribution in [3.8, 4) is 5.75 Å². The standard InChI is InChI=1S/C11H12N2O2/c1-15-8-2-3-10-9(5-8)7(6-12)4-11(14)13-10/h2-5H,6,12H2,1H3,(H,13,14). The molecule has 2 rings (SSSR count). The molecule has 0 saturated carbocycles. The van der Waals surface area contributed by atoms with Gasteiger partial charge in [0.15, 0.2) is 0 Å². The van der Waals surface area contributed by atoms with Crippen molar-refractivity contribution in [2.75, 3.05) is 7.11 Å². The van der Waals surface area contributed by atoms with Crippen molar-refractivity contribution in [3.63, 3.8) is 0 Å². The Labute approximate surface area is 86.7 Å². The number of nitrogens with one attached hydrogen (secondary N) is 1. The highest BCUT2D eigenvalue weighted by Gasteiger charge is 2.03. The average Bonchev–Trinajstić information content (AvgIpc) is 2.27. The van der Waals surface area contributed by atoms with Gasteiger partial charge in [-0.15, -0.1) is 0 Å². The summed E-state index contributed by atoms with van der Waals surface area (Å²) in [5.41, 5.74) is 7.06. The van der Waals surface area contributed by atoms with E-state index in [0.717, 1.165) is 22.2 Å².